The molecule has 1 N–H and O–H groups in total. The van der Waals surface area contributed by atoms with Crippen LogP contribution in [0.2, 0.25) is 0 Å². The van der Waals surface area contributed by atoms with Gasteiger partial charge in [-0.25, -0.2) is 9.78 Å². The number of aromatic carboxylic acids is 1. The van der Waals surface area contributed by atoms with Crippen molar-refractivity contribution in [1.82, 2.24) is 9.97 Å². The molecule has 2 heterocycles. The SMILES string of the molecule is Cc1ncccc1-c1ccc(-c2cc(C(=O)O)c3ccccc3n2)cc1. The van der Waals surface area contributed by atoms with Crippen molar-refractivity contribution in [2.75, 3.05) is 0 Å². The molecule has 0 fully saturated rings. The van der Waals surface area contributed by atoms with Gasteiger partial charge in [-0.05, 0) is 30.7 Å². The summed E-state index contributed by atoms with van der Waals surface area (Å²) in [6.45, 7) is 1.98. The molecule has 26 heavy (non-hydrogen) atoms. The third-order valence-corrected chi connectivity index (χ3v) is 4.45. The van der Waals surface area contributed by atoms with E-state index in [-0.39, 0.29) is 5.56 Å². The standard InChI is InChI=1S/C22H16N2O2/c1-14-17(6-4-12-23-14)15-8-10-16(11-9-15)21-13-19(22(25)26)18-5-2-3-7-20(18)24-21/h2-13H,1H3,(H,25,26). The number of hydrogen-bond donors (Lipinski definition) is 1. The average molecular weight is 340 g/mol. The maximum atomic E-state index is 11.6. The van der Waals surface area contributed by atoms with Gasteiger partial charge < -0.3 is 5.11 Å². The second-order valence-corrected chi connectivity index (χ2v) is 6.09. The van der Waals surface area contributed by atoms with E-state index in [2.05, 4.69) is 9.97 Å². The zero-order valence-electron chi connectivity index (χ0n) is 14.2. The molecular formula is C22H16N2O2. The third-order valence-electron chi connectivity index (χ3n) is 4.45. The molecule has 0 bridgehead atoms. The van der Waals surface area contributed by atoms with Gasteiger partial charge in [0.25, 0.3) is 0 Å². The highest BCUT2D eigenvalue weighted by atomic mass is 16.4. The van der Waals surface area contributed by atoms with Crippen LogP contribution in [0, 0.1) is 6.92 Å². The number of pyridine rings is 2. The van der Waals surface area contributed by atoms with Crippen molar-refractivity contribution >= 4 is 16.9 Å². The van der Waals surface area contributed by atoms with E-state index in [4.69, 9.17) is 0 Å². The first-order valence-electron chi connectivity index (χ1n) is 8.29. The Labute approximate surface area is 150 Å². The van der Waals surface area contributed by atoms with E-state index < -0.39 is 5.97 Å². The Morgan fingerprint density at radius 1 is 0.923 bits per heavy atom. The van der Waals surface area contributed by atoms with Crippen LogP contribution < -0.4 is 0 Å². The Morgan fingerprint density at radius 3 is 2.38 bits per heavy atom. The van der Waals surface area contributed by atoms with Crippen molar-refractivity contribution in [3.8, 4) is 22.4 Å². The van der Waals surface area contributed by atoms with Crippen LogP contribution in [-0.2, 0) is 0 Å². The monoisotopic (exact) mass is 340 g/mol. The normalized spacial score (nSPS) is 10.8. The van der Waals surface area contributed by atoms with Gasteiger partial charge in [-0.15, -0.1) is 0 Å². The van der Waals surface area contributed by atoms with Crippen LogP contribution >= 0.6 is 0 Å². The molecule has 0 saturated heterocycles. The van der Waals surface area contributed by atoms with Gasteiger partial charge in [0.05, 0.1) is 16.8 Å². The van der Waals surface area contributed by atoms with Crippen LogP contribution in [0.1, 0.15) is 16.1 Å². The van der Waals surface area contributed by atoms with Gasteiger partial charge in [0.15, 0.2) is 0 Å². The summed E-state index contributed by atoms with van der Waals surface area (Å²) in [5.41, 5.74) is 5.58. The molecule has 0 unspecified atom stereocenters. The maximum Gasteiger partial charge on any atom is 0.336 e. The number of carboxylic acids is 1. The second-order valence-electron chi connectivity index (χ2n) is 6.09. The van der Waals surface area contributed by atoms with E-state index >= 15 is 0 Å². The van der Waals surface area contributed by atoms with Gasteiger partial charge in [0.2, 0.25) is 0 Å². The third kappa shape index (κ3) is 2.82. The molecule has 0 atom stereocenters. The molecule has 0 saturated carbocycles. The molecule has 4 aromatic rings. The van der Waals surface area contributed by atoms with Gasteiger partial charge >= 0.3 is 5.97 Å². The number of nitrogens with zero attached hydrogens (tertiary/aromatic N) is 2. The quantitative estimate of drug-likeness (QED) is 0.572. The first-order valence-corrected chi connectivity index (χ1v) is 8.29. The van der Waals surface area contributed by atoms with Crippen molar-refractivity contribution in [3.05, 3.63) is 84.2 Å². The molecule has 126 valence electrons. The van der Waals surface area contributed by atoms with Gasteiger partial charge in [-0.2, -0.15) is 0 Å². The van der Waals surface area contributed by atoms with E-state index in [0.29, 0.717) is 16.6 Å². The number of aromatic nitrogens is 2. The molecular weight excluding hydrogens is 324 g/mol. The summed E-state index contributed by atoms with van der Waals surface area (Å²) >= 11 is 0. The summed E-state index contributed by atoms with van der Waals surface area (Å²) in [7, 11) is 0. The van der Waals surface area contributed by atoms with E-state index in [1.807, 2.05) is 61.5 Å². The van der Waals surface area contributed by atoms with E-state index in [9.17, 15) is 9.90 Å². The molecule has 0 spiro atoms. The highest BCUT2D eigenvalue weighted by Gasteiger charge is 2.13. The maximum absolute atomic E-state index is 11.6. The summed E-state index contributed by atoms with van der Waals surface area (Å²) in [6.07, 6.45) is 1.78. The summed E-state index contributed by atoms with van der Waals surface area (Å²) in [6, 6.07) is 20.8. The summed E-state index contributed by atoms with van der Waals surface area (Å²) in [5.74, 6) is -0.951. The van der Waals surface area contributed by atoms with Crippen molar-refractivity contribution in [3.63, 3.8) is 0 Å². The molecule has 2 aromatic heterocycles. The number of fused-ring (bicyclic) bond motifs is 1. The van der Waals surface area contributed by atoms with Crippen LogP contribution in [0.3, 0.4) is 0 Å². The van der Waals surface area contributed by atoms with E-state index in [1.54, 1.807) is 18.3 Å². The molecule has 0 amide bonds. The number of carboxylic acid groups (broad SMARTS) is 1. The zero-order valence-corrected chi connectivity index (χ0v) is 14.2. The average Bonchev–Trinajstić information content (AvgIpc) is 2.67. The van der Waals surface area contributed by atoms with Crippen molar-refractivity contribution in [2.45, 2.75) is 6.92 Å². The van der Waals surface area contributed by atoms with Gasteiger partial charge in [0, 0.05) is 28.4 Å². The number of carbonyl (C=O) groups is 1. The number of aryl methyl sites for hydroxylation is 1. The predicted octanol–water partition coefficient (Wildman–Crippen LogP) is 4.97. The van der Waals surface area contributed by atoms with Crippen LogP contribution in [0.4, 0.5) is 0 Å². The van der Waals surface area contributed by atoms with Gasteiger partial charge in [-0.3, -0.25) is 4.98 Å². The number of benzene rings is 2. The van der Waals surface area contributed by atoms with E-state index in [0.717, 1.165) is 22.4 Å². The molecule has 4 nitrogen and oxygen atoms in total. The Bertz CT molecular complexity index is 1120. The predicted molar refractivity (Wildman–Crippen MR) is 102 cm³/mol. The minimum atomic E-state index is -0.951. The molecule has 4 rings (SSSR count). The fourth-order valence-corrected chi connectivity index (χ4v) is 3.11. The first kappa shape index (κ1) is 16.0. The largest absolute Gasteiger partial charge is 0.478 e. The lowest BCUT2D eigenvalue weighted by atomic mass is 10.00. The van der Waals surface area contributed by atoms with Crippen LogP contribution in [0.15, 0.2) is 72.9 Å². The highest BCUT2D eigenvalue weighted by Crippen LogP contribution is 2.28. The topological polar surface area (TPSA) is 63.1 Å². The first-order chi connectivity index (χ1) is 12.6. The molecule has 4 heteroatoms. The fourth-order valence-electron chi connectivity index (χ4n) is 3.11. The highest BCUT2D eigenvalue weighted by molar-refractivity contribution is 6.03. The zero-order chi connectivity index (χ0) is 18.1. The Morgan fingerprint density at radius 2 is 1.65 bits per heavy atom. The number of rotatable bonds is 3. The van der Waals surface area contributed by atoms with Crippen LogP contribution in [-0.4, -0.2) is 21.0 Å². The number of para-hydroxylation sites is 1. The van der Waals surface area contributed by atoms with Gasteiger partial charge in [0.1, 0.15) is 0 Å². The lowest BCUT2D eigenvalue weighted by molar-refractivity contribution is 0.0699. The summed E-state index contributed by atoms with van der Waals surface area (Å²) in [5, 5.41) is 10.2. The lowest BCUT2D eigenvalue weighted by Gasteiger charge is -2.09. The minimum Gasteiger partial charge on any atom is -0.478 e. The van der Waals surface area contributed by atoms with E-state index in [1.165, 1.54) is 0 Å². The lowest BCUT2D eigenvalue weighted by Crippen LogP contribution is -2.00. The van der Waals surface area contributed by atoms with Crippen molar-refractivity contribution in [1.29, 1.82) is 0 Å². The van der Waals surface area contributed by atoms with Crippen molar-refractivity contribution < 1.29 is 9.90 Å². The Balaban J connectivity index is 1.81. The van der Waals surface area contributed by atoms with Crippen LogP contribution in [0.25, 0.3) is 33.3 Å². The molecule has 2 aromatic carbocycles. The Hall–Kier alpha value is -3.53. The molecule has 0 aliphatic carbocycles. The summed E-state index contributed by atoms with van der Waals surface area (Å²) in [4.78, 5) is 20.6. The smallest absolute Gasteiger partial charge is 0.336 e. The molecule has 0 radical (unpaired) electrons. The van der Waals surface area contributed by atoms with Gasteiger partial charge in [-0.1, -0.05) is 48.5 Å². The molecule has 0 aliphatic rings. The fraction of sp³-hybridized carbons (Fsp3) is 0.0455. The van der Waals surface area contributed by atoms with Crippen LogP contribution in [0.5, 0.6) is 0 Å². The van der Waals surface area contributed by atoms with Crippen molar-refractivity contribution in [2.24, 2.45) is 0 Å². The minimum absolute atomic E-state index is 0.262. The Kier molecular flexibility index (Phi) is 3.93. The molecule has 0 aliphatic heterocycles. The number of hydrogen-bond acceptors (Lipinski definition) is 3. The summed E-state index contributed by atoms with van der Waals surface area (Å²) < 4.78 is 0. The second kappa shape index (κ2) is 6.41.